The summed E-state index contributed by atoms with van der Waals surface area (Å²) in [5.41, 5.74) is 2.50. The van der Waals surface area contributed by atoms with Gasteiger partial charge in [-0.3, -0.25) is 9.59 Å². The Hall–Kier alpha value is -2.69. The van der Waals surface area contributed by atoms with Crippen molar-refractivity contribution in [3.63, 3.8) is 0 Å². The van der Waals surface area contributed by atoms with Crippen LogP contribution in [-0.2, 0) is 20.7 Å². The monoisotopic (exact) mass is 343 g/mol. The van der Waals surface area contributed by atoms with Gasteiger partial charge in [0.25, 0.3) is 5.91 Å². The maximum absolute atomic E-state index is 12.8. The van der Waals surface area contributed by atoms with E-state index in [1.165, 1.54) is 29.8 Å². The van der Waals surface area contributed by atoms with Gasteiger partial charge in [-0.2, -0.15) is 0 Å². The van der Waals surface area contributed by atoms with Crippen LogP contribution in [0.2, 0.25) is 0 Å². The van der Waals surface area contributed by atoms with Crippen molar-refractivity contribution >= 4 is 17.6 Å². The van der Waals surface area contributed by atoms with Crippen molar-refractivity contribution in [1.29, 1.82) is 0 Å². The van der Waals surface area contributed by atoms with Gasteiger partial charge >= 0.3 is 5.97 Å². The van der Waals surface area contributed by atoms with Crippen molar-refractivity contribution in [2.75, 3.05) is 11.9 Å². The molecule has 0 aliphatic rings. The SMILES string of the molecule is CCC(C)c1ccc(NC(=O)COC(=O)Cc2ccc(F)cc2)cc1. The molecule has 0 heterocycles. The van der Waals surface area contributed by atoms with Crippen molar-refractivity contribution in [2.45, 2.75) is 32.6 Å². The molecule has 0 aliphatic carbocycles. The van der Waals surface area contributed by atoms with Gasteiger partial charge in [-0.1, -0.05) is 38.1 Å². The molecule has 4 nitrogen and oxygen atoms in total. The van der Waals surface area contributed by atoms with Gasteiger partial charge in [-0.25, -0.2) is 4.39 Å². The summed E-state index contributed by atoms with van der Waals surface area (Å²) in [6.45, 7) is 3.92. The number of rotatable bonds is 7. The summed E-state index contributed by atoms with van der Waals surface area (Å²) in [4.78, 5) is 23.6. The molecule has 1 amide bonds. The molecular formula is C20H22FNO3. The number of carbonyl (C=O) groups excluding carboxylic acids is 2. The standard InChI is InChI=1S/C20H22FNO3/c1-3-14(2)16-6-10-18(11-7-16)22-19(23)13-25-20(24)12-15-4-8-17(21)9-5-15/h4-11,14H,3,12-13H2,1-2H3,(H,22,23). The summed E-state index contributed by atoms with van der Waals surface area (Å²) in [5, 5.41) is 2.69. The molecule has 0 bridgehead atoms. The zero-order valence-electron chi connectivity index (χ0n) is 14.4. The molecule has 0 fully saturated rings. The topological polar surface area (TPSA) is 55.4 Å². The Bertz CT molecular complexity index is 711. The Morgan fingerprint density at radius 2 is 1.72 bits per heavy atom. The number of ether oxygens (including phenoxy) is 1. The molecule has 0 saturated heterocycles. The smallest absolute Gasteiger partial charge is 0.310 e. The Morgan fingerprint density at radius 1 is 1.08 bits per heavy atom. The van der Waals surface area contributed by atoms with Crippen LogP contribution >= 0.6 is 0 Å². The van der Waals surface area contributed by atoms with Gasteiger partial charge < -0.3 is 10.1 Å². The highest BCUT2D eigenvalue weighted by Crippen LogP contribution is 2.20. The lowest BCUT2D eigenvalue weighted by molar-refractivity contribution is -0.146. The molecule has 5 heteroatoms. The minimum Gasteiger partial charge on any atom is -0.455 e. The van der Waals surface area contributed by atoms with E-state index < -0.39 is 11.9 Å². The second-order valence-corrected chi connectivity index (χ2v) is 5.94. The largest absolute Gasteiger partial charge is 0.455 e. The van der Waals surface area contributed by atoms with Gasteiger partial charge in [0, 0.05) is 5.69 Å². The number of anilines is 1. The van der Waals surface area contributed by atoms with E-state index in [9.17, 15) is 14.0 Å². The average Bonchev–Trinajstić information content (AvgIpc) is 2.62. The lowest BCUT2D eigenvalue weighted by Crippen LogP contribution is -2.21. The minimum atomic E-state index is -0.533. The van der Waals surface area contributed by atoms with Gasteiger partial charge in [0.15, 0.2) is 6.61 Å². The van der Waals surface area contributed by atoms with E-state index in [1.807, 2.05) is 24.3 Å². The third kappa shape index (κ3) is 6.03. The molecule has 0 saturated carbocycles. The highest BCUT2D eigenvalue weighted by atomic mass is 19.1. The van der Waals surface area contributed by atoms with Crippen LogP contribution in [-0.4, -0.2) is 18.5 Å². The molecule has 0 aliphatic heterocycles. The number of amides is 1. The van der Waals surface area contributed by atoms with E-state index in [-0.39, 0.29) is 18.8 Å². The number of hydrogen-bond donors (Lipinski definition) is 1. The number of hydrogen-bond acceptors (Lipinski definition) is 3. The van der Waals surface area contributed by atoms with E-state index in [0.717, 1.165) is 6.42 Å². The van der Waals surface area contributed by atoms with Gasteiger partial charge in [0.1, 0.15) is 5.82 Å². The molecular weight excluding hydrogens is 321 g/mol. The Morgan fingerprint density at radius 3 is 2.32 bits per heavy atom. The number of halogens is 1. The van der Waals surface area contributed by atoms with Crippen LogP contribution < -0.4 is 5.32 Å². The van der Waals surface area contributed by atoms with Crippen molar-refractivity contribution < 1.29 is 18.7 Å². The van der Waals surface area contributed by atoms with Crippen molar-refractivity contribution in [2.24, 2.45) is 0 Å². The van der Waals surface area contributed by atoms with Crippen LogP contribution in [0, 0.1) is 5.82 Å². The summed E-state index contributed by atoms with van der Waals surface area (Å²) in [7, 11) is 0. The lowest BCUT2D eigenvalue weighted by atomic mass is 9.99. The Kier molecular flexibility index (Phi) is 6.69. The highest BCUT2D eigenvalue weighted by Gasteiger charge is 2.09. The fourth-order valence-electron chi connectivity index (χ4n) is 2.29. The van der Waals surface area contributed by atoms with Crippen molar-refractivity contribution in [1.82, 2.24) is 0 Å². The first-order valence-corrected chi connectivity index (χ1v) is 8.27. The lowest BCUT2D eigenvalue weighted by Gasteiger charge is -2.10. The molecule has 0 aromatic heterocycles. The fourth-order valence-corrected chi connectivity index (χ4v) is 2.29. The zero-order valence-corrected chi connectivity index (χ0v) is 14.4. The number of benzene rings is 2. The van der Waals surface area contributed by atoms with E-state index in [0.29, 0.717) is 17.2 Å². The number of carbonyl (C=O) groups is 2. The van der Waals surface area contributed by atoms with Crippen LogP contribution in [0.1, 0.15) is 37.3 Å². The Balaban J connectivity index is 1.78. The average molecular weight is 343 g/mol. The van der Waals surface area contributed by atoms with Gasteiger partial charge in [0.2, 0.25) is 0 Å². The molecule has 1 N–H and O–H groups in total. The number of nitrogens with one attached hydrogen (secondary N) is 1. The minimum absolute atomic E-state index is 0.00281. The first kappa shape index (κ1) is 18.6. The maximum Gasteiger partial charge on any atom is 0.310 e. The highest BCUT2D eigenvalue weighted by molar-refractivity contribution is 5.92. The second-order valence-electron chi connectivity index (χ2n) is 5.94. The first-order valence-electron chi connectivity index (χ1n) is 8.27. The van der Waals surface area contributed by atoms with E-state index >= 15 is 0 Å². The molecule has 132 valence electrons. The van der Waals surface area contributed by atoms with Crippen LogP contribution in [0.25, 0.3) is 0 Å². The quantitative estimate of drug-likeness (QED) is 0.771. The van der Waals surface area contributed by atoms with Crippen LogP contribution in [0.5, 0.6) is 0 Å². The van der Waals surface area contributed by atoms with Crippen molar-refractivity contribution in [3.8, 4) is 0 Å². The number of esters is 1. The second kappa shape index (κ2) is 8.97. The molecule has 0 radical (unpaired) electrons. The van der Waals surface area contributed by atoms with Gasteiger partial charge in [0.05, 0.1) is 6.42 Å². The normalized spacial score (nSPS) is 11.6. The predicted octanol–water partition coefficient (Wildman–Crippen LogP) is 4.06. The summed E-state index contributed by atoms with van der Waals surface area (Å²) >= 11 is 0. The molecule has 2 aromatic rings. The molecule has 1 unspecified atom stereocenters. The van der Waals surface area contributed by atoms with Crippen LogP contribution in [0.15, 0.2) is 48.5 Å². The van der Waals surface area contributed by atoms with Crippen LogP contribution in [0.3, 0.4) is 0 Å². The first-order chi connectivity index (χ1) is 12.0. The molecule has 0 spiro atoms. The summed E-state index contributed by atoms with van der Waals surface area (Å²) in [5.74, 6) is -0.828. The zero-order chi connectivity index (χ0) is 18.2. The van der Waals surface area contributed by atoms with E-state index in [4.69, 9.17) is 4.74 Å². The summed E-state index contributed by atoms with van der Waals surface area (Å²) < 4.78 is 17.8. The predicted molar refractivity (Wildman–Crippen MR) is 94.8 cm³/mol. The van der Waals surface area contributed by atoms with Crippen molar-refractivity contribution in [3.05, 3.63) is 65.5 Å². The Labute approximate surface area is 147 Å². The summed E-state index contributed by atoms with van der Waals surface area (Å²) in [6.07, 6.45) is 1.05. The van der Waals surface area contributed by atoms with E-state index in [1.54, 1.807) is 0 Å². The van der Waals surface area contributed by atoms with Crippen LogP contribution in [0.4, 0.5) is 10.1 Å². The summed E-state index contributed by atoms with van der Waals surface area (Å²) in [6, 6.07) is 13.2. The third-order valence-corrected chi connectivity index (χ3v) is 4.00. The molecule has 25 heavy (non-hydrogen) atoms. The van der Waals surface area contributed by atoms with Gasteiger partial charge in [-0.15, -0.1) is 0 Å². The third-order valence-electron chi connectivity index (χ3n) is 4.00. The molecule has 2 rings (SSSR count). The van der Waals surface area contributed by atoms with E-state index in [2.05, 4.69) is 19.2 Å². The molecule has 1 atom stereocenters. The fraction of sp³-hybridized carbons (Fsp3) is 0.300. The maximum atomic E-state index is 12.8. The molecule has 2 aromatic carbocycles. The van der Waals surface area contributed by atoms with Gasteiger partial charge in [-0.05, 0) is 47.7 Å².